The third-order valence-electron chi connectivity index (χ3n) is 2.33. The second-order valence-corrected chi connectivity index (χ2v) is 3.85. The van der Waals surface area contributed by atoms with Crippen LogP contribution in [0.1, 0.15) is 39.5 Å². The van der Waals surface area contributed by atoms with Crippen LogP contribution in [0.25, 0.3) is 0 Å². The monoisotopic (exact) mass is 213 g/mol. The van der Waals surface area contributed by atoms with Crippen molar-refractivity contribution in [2.24, 2.45) is 0 Å². The Morgan fingerprint density at radius 1 is 1.07 bits per heavy atom. The quantitative estimate of drug-likeness (QED) is 0.570. The average Bonchev–Trinajstić information content (AvgIpc) is 2.20. The summed E-state index contributed by atoms with van der Waals surface area (Å²) in [6.07, 6.45) is 6.65. The normalized spacial score (nSPS) is 11.5. The lowest BCUT2D eigenvalue weighted by Crippen LogP contribution is -2.26. The summed E-state index contributed by atoms with van der Waals surface area (Å²) in [6.45, 7) is 7.39. The molecule has 0 unspecified atom stereocenters. The Balaban J connectivity index is 3.77. The lowest BCUT2D eigenvalue weighted by Gasteiger charge is -2.19. The van der Waals surface area contributed by atoms with Crippen molar-refractivity contribution in [3.63, 3.8) is 0 Å². The average molecular weight is 213 g/mol. The van der Waals surface area contributed by atoms with Gasteiger partial charge >= 0.3 is 7.12 Å². The summed E-state index contributed by atoms with van der Waals surface area (Å²) in [5.41, 5.74) is 0. The van der Waals surface area contributed by atoms with E-state index in [-0.39, 0.29) is 0 Å². The van der Waals surface area contributed by atoms with Gasteiger partial charge in [-0.15, -0.1) is 0 Å². The van der Waals surface area contributed by atoms with Crippen molar-refractivity contribution in [2.45, 2.75) is 39.5 Å². The van der Waals surface area contributed by atoms with Gasteiger partial charge in [0.15, 0.2) is 0 Å². The van der Waals surface area contributed by atoms with Gasteiger partial charge in [-0.3, -0.25) is 4.90 Å². The molecule has 4 heteroatoms. The zero-order valence-electron chi connectivity index (χ0n) is 10.0. The van der Waals surface area contributed by atoms with E-state index in [2.05, 4.69) is 18.7 Å². The minimum Gasteiger partial charge on any atom is -0.424 e. The van der Waals surface area contributed by atoms with E-state index in [0.29, 0.717) is 0 Å². The van der Waals surface area contributed by atoms with Gasteiger partial charge in [-0.1, -0.05) is 38.7 Å². The standard InChI is InChI=1S/C11H24BNO2/c1-3-5-9-13(10-6-4-2)11-7-8-12(14)15/h7-8,14-15H,3-6,9-11H2,1-2H3/b8-7+. The Hall–Kier alpha value is -0.315. The van der Waals surface area contributed by atoms with E-state index in [1.165, 1.54) is 31.7 Å². The van der Waals surface area contributed by atoms with Gasteiger partial charge in [0.05, 0.1) is 0 Å². The van der Waals surface area contributed by atoms with Gasteiger partial charge in [0.2, 0.25) is 0 Å². The van der Waals surface area contributed by atoms with E-state index >= 15 is 0 Å². The topological polar surface area (TPSA) is 43.7 Å². The Bertz CT molecular complexity index is 155. The molecule has 0 fully saturated rings. The molecule has 0 heterocycles. The first-order chi connectivity index (χ1) is 7.20. The first-order valence-electron chi connectivity index (χ1n) is 5.95. The Morgan fingerprint density at radius 2 is 1.60 bits per heavy atom. The molecule has 0 aromatic rings. The molecule has 0 aliphatic rings. The lowest BCUT2D eigenvalue weighted by atomic mass is 9.92. The molecule has 3 nitrogen and oxygen atoms in total. The van der Waals surface area contributed by atoms with Crippen LogP contribution in [0.15, 0.2) is 12.1 Å². The van der Waals surface area contributed by atoms with Crippen LogP contribution in [0.4, 0.5) is 0 Å². The van der Waals surface area contributed by atoms with Crippen LogP contribution < -0.4 is 0 Å². The van der Waals surface area contributed by atoms with Gasteiger partial charge in [0.25, 0.3) is 0 Å². The van der Waals surface area contributed by atoms with Crippen molar-refractivity contribution >= 4 is 7.12 Å². The summed E-state index contributed by atoms with van der Waals surface area (Å²) >= 11 is 0. The summed E-state index contributed by atoms with van der Waals surface area (Å²) in [4.78, 5) is 2.35. The summed E-state index contributed by atoms with van der Waals surface area (Å²) in [6, 6.07) is 0. The van der Waals surface area contributed by atoms with Crippen LogP contribution in [0.2, 0.25) is 0 Å². The van der Waals surface area contributed by atoms with Crippen molar-refractivity contribution in [1.82, 2.24) is 4.90 Å². The fourth-order valence-electron chi connectivity index (χ4n) is 1.39. The smallest absolute Gasteiger partial charge is 0.424 e. The number of hydrogen-bond acceptors (Lipinski definition) is 3. The molecular weight excluding hydrogens is 189 g/mol. The van der Waals surface area contributed by atoms with Crippen LogP contribution in [-0.4, -0.2) is 41.7 Å². The van der Waals surface area contributed by atoms with Crippen molar-refractivity contribution in [3.8, 4) is 0 Å². The molecule has 0 saturated heterocycles. The zero-order chi connectivity index (χ0) is 11.5. The molecule has 15 heavy (non-hydrogen) atoms. The fraction of sp³-hybridized carbons (Fsp3) is 0.818. The minimum atomic E-state index is -1.32. The van der Waals surface area contributed by atoms with Crippen LogP contribution in [0.5, 0.6) is 0 Å². The second kappa shape index (κ2) is 10.2. The first kappa shape index (κ1) is 14.7. The van der Waals surface area contributed by atoms with Gasteiger partial charge < -0.3 is 10.0 Å². The molecule has 0 rings (SSSR count). The molecule has 0 saturated carbocycles. The molecule has 0 atom stereocenters. The van der Waals surface area contributed by atoms with Gasteiger partial charge in [-0.05, 0) is 25.9 Å². The maximum absolute atomic E-state index is 8.67. The zero-order valence-corrected chi connectivity index (χ0v) is 10.0. The van der Waals surface area contributed by atoms with Crippen molar-refractivity contribution in [3.05, 3.63) is 12.1 Å². The van der Waals surface area contributed by atoms with Crippen LogP contribution in [0, 0.1) is 0 Å². The molecule has 0 aliphatic heterocycles. The predicted octanol–water partition coefficient (Wildman–Crippen LogP) is 1.46. The highest BCUT2D eigenvalue weighted by Crippen LogP contribution is 1.99. The molecular formula is C11H24BNO2. The maximum Gasteiger partial charge on any atom is 0.480 e. The molecule has 0 aromatic carbocycles. The van der Waals surface area contributed by atoms with Crippen LogP contribution in [0.3, 0.4) is 0 Å². The Morgan fingerprint density at radius 3 is 2.00 bits per heavy atom. The summed E-state index contributed by atoms with van der Waals surface area (Å²) in [5.74, 6) is 1.42. The van der Waals surface area contributed by atoms with E-state index in [9.17, 15) is 0 Å². The van der Waals surface area contributed by atoms with Crippen LogP contribution >= 0.6 is 0 Å². The van der Waals surface area contributed by atoms with Crippen LogP contribution in [-0.2, 0) is 0 Å². The summed E-state index contributed by atoms with van der Waals surface area (Å²) in [5, 5.41) is 17.3. The first-order valence-corrected chi connectivity index (χ1v) is 5.95. The fourth-order valence-corrected chi connectivity index (χ4v) is 1.39. The molecule has 88 valence electrons. The Labute approximate surface area is 93.9 Å². The number of hydrogen-bond donors (Lipinski definition) is 2. The van der Waals surface area contributed by atoms with Gasteiger partial charge in [-0.25, -0.2) is 0 Å². The van der Waals surface area contributed by atoms with E-state index in [4.69, 9.17) is 10.0 Å². The van der Waals surface area contributed by atoms with Gasteiger partial charge in [0.1, 0.15) is 0 Å². The lowest BCUT2D eigenvalue weighted by molar-refractivity contribution is 0.292. The molecule has 0 spiro atoms. The molecule has 0 radical (unpaired) electrons. The highest BCUT2D eigenvalue weighted by molar-refractivity contribution is 6.47. The molecule has 0 amide bonds. The second-order valence-electron chi connectivity index (χ2n) is 3.85. The van der Waals surface area contributed by atoms with E-state index in [1.807, 2.05) is 6.08 Å². The van der Waals surface area contributed by atoms with E-state index in [0.717, 1.165) is 19.6 Å². The third-order valence-corrected chi connectivity index (χ3v) is 2.33. The number of rotatable bonds is 9. The van der Waals surface area contributed by atoms with E-state index in [1.54, 1.807) is 0 Å². The minimum absolute atomic E-state index is 0.817. The van der Waals surface area contributed by atoms with Gasteiger partial charge in [-0.2, -0.15) is 0 Å². The molecule has 0 bridgehead atoms. The SMILES string of the molecule is CCCCN(C/C=C/B(O)O)CCCC. The molecule has 2 N–H and O–H groups in total. The number of nitrogens with zero attached hydrogens (tertiary/aromatic N) is 1. The van der Waals surface area contributed by atoms with Crippen molar-refractivity contribution in [1.29, 1.82) is 0 Å². The predicted molar refractivity (Wildman–Crippen MR) is 65.6 cm³/mol. The third kappa shape index (κ3) is 9.98. The van der Waals surface area contributed by atoms with Crippen molar-refractivity contribution in [2.75, 3.05) is 19.6 Å². The van der Waals surface area contributed by atoms with Gasteiger partial charge in [0, 0.05) is 6.54 Å². The van der Waals surface area contributed by atoms with E-state index < -0.39 is 7.12 Å². The largest absolute Gasteiger partial charge is 0.480 e. The highest BCUT2D eigenvalue weighted by Gasteiger charge is 2.02. The Kier molecular flexibility index (Phi) is 10.00. The summed E-state index contributed by atoms with van der Waals surface area (Å²) in [7, 11) is -1.32. The molecule has 0 aliphatic carbocycles. The summed E-state index contributed by atoms with van der Waals surface area (Å²) < 4.78 is 0. The highest BCUT2D eigenvalue weighted by atomic mass is 16.4. The maximum atomic E-state index is 8.67. The molecule has 0 aromatic heterocycles. The van der Waals surface area contributed by atoms with Crippen molar-refractivity contribution < 1.29 is 10.0 Å². The number of unbranched alkanes of at least 4 members (excludes halogenated alkanes) is 2.